The molecule has 8 heavy (non-hydrogen) atoms. The molecule has 0 aliphatic rings. The van der Waals surface area contributed by atoms with Gasteiger partial charge in [-0.15, -0.1) is 0 Å². The topological polar surface area (TPSA) is 12.4 Å². The summed E-state index contributed by atoms with van der Waals surface area (Å²) in [7, 11) is 0. The molecule has 0 atom stereocenters. The minimum absolute atomic E-state index is 0. The maximum Gasteiger partial charge on any atom is 0 e. The fourth-order valence-electron chi connectivity index (χ4n) is 0.158. The van der Waals surface area contributed by atoms with Crippen LogP contribution in [0.4, 0.5) is 0 Å². The van der Waals surface area contributed by atoms with Crippen LogP contribution in [0.1, 0.15) is 27.7 Å². The van der Waals surface area contributed by atoms with E-state index in [0.29, 0.717) is 0 Å². The molecule has 0 saturated heterocycles. The van der Waals surface area contributed by atoms with Crippen molar-refractivity contribution >= 4 is 6.21 Å². The van der Waals surface area contributed by atoms with E-state index in [1.807, 2.05) is 20.8 Å². The van der Waals surface area contributed by atoms with Crippen molar-refractivity contribution in [2.75, 3.05) is 6.54 Å². The molecule has 0 fully saturated rings. The summed E-state index contributed by atoms with van der Waals surface area (Å²) in [6, 6.07) is 0. The summed E-state index contributed by atoms with van der Waals surface area (Å²) in [5.74, 6) is 0. The smallest absolute Gasteiger partial charge is 0 e. The maximum absolute atomic E-state index is 3.72. The van der Waals surface area contributed by atoms with Crippen molar-refractivity contribution in [1.29, 1.82) is 0 Å². The van der Waals surface area contributed by atoms with Crippen LogP contribution >= 0.6 is 0 Å². The van der Waals surface area contributed by atoms with Crippen LogP contribution in [0.5, 0.6) is 0 Å². The maximum atomic E-state index is 3.72. The van der Waals surface area contributed by atoms with Crippen LogP contribution < -0.4 is 0 Å². The molecule has 0 bridgehead atoms. The molecule has 0 aromatic heterocycles. The molecule has 47 valence electrons. The SMILES string of the molecule is CC.C[C-]=NCC.[Y]. The third-order valence-corrected chi connectivity index (χ3v) is 0.316. The van der Waals surface area contributed by atoms with Crippen molar-refractivity contribution in [2.45, 2.75) is 27.7 Å². The van der Waals surface area contributed by atoms with E-state index in [0.717, 1.165) is 6.54 Å². The molecular formula is C6H14NY-. The van der Waals surface area contributed by atoms with Crippen LogP contribution in [0.15, 0.2) is 4.99 Å². The van der Waals surface area contributed by atoms with Gasteiger partial charge in [0.1, 0.15) is 0 Å². The van der Waals surface area contributed by atoms with E-state index < -0.39 is 0 Å². The predicted octanol–water partition coefficient (Wildman–Crippen LogP) is 2.00. The first-order valence-electron chi connectivity index (χ1n) is 2.75. The molecule has 0 spiro atoms. The Morgan fingerprint density at radius 2 is 1.75 bits per heavy atom. The van der Waals surface area contributed by atoms with Crippen molar-refractivity contribution in [3.63, 3.8) is 0 Å². The number of hydrogen-bond donors (Lipinski definition) is 0. The number of hydrogen-bond acceptors (Lipinski definition) is 1. The van der Waals surface area contributed by atoms with Gasteiger partial charge in [-0.3, -0.25) is 0 Å². The zero-order valence-corrected chi connectivity index (χ0v) is 9.07. The van der Waals surface area contributed by atoms with Gasteiger partial charge in [-0.25, -0.2) is 0 Å². The average Bonchev–Trinajstić information content (AvgIpc) is 1.75. The van der Waals surface area contributed by atoms with Crippen LogP contribution in [0.25, 0.3) is 0 Å². The molecule has 0 saturated carbocycles. The second kappa shape index (κ2) is 25.0. The molecular weight excluding hydrogens is 175 g/mol. The summed E-state index contributed by atoms with van der Waals surface area (Å²) in [5.41, 5.74) is 0. The first-order valence-corrected chi connectivity index (χ1v) is 2.75. The molecule has 0 aromatic carbocycles. The third-order valence-electron chi connectivity index (χ3n) is 0.316. The minimum Gasteiger partial charge on any atom is -0.503 e. The molecule has 0 unspecified atom stereocenters. The van der Waals surface area contributed by atoms with Crippen molar-refractivity contribution in [1.82, 2.24) is 0 Å². The molecule has 1 nitrogen and oxygen atoms in total. The molecule has 0 heterocycles. The molecule has 0 aromatic rings. The summed E-state index contributed by atoms with van der Waals surface area (Å²) in [5, 5.41) is 0. The fraction of sp³-hybridized carbons (Fsp3) is 0.833. The molecule has 0 rings (SSSR count). The largest absolute Gasteiger partial charge is 0.503 e. The van der Waals surface area contributed by atoms with Gasteiger partial charge in [-0.1, -0.05) is 13.8 Å². The Balaban J connectivity index is -0.0000000750. The summed E-state index contributed by atoms with van der Waals surface area (Å²) in [6.07, 6.45) is 2.64. The zero-order valence-electron chi connectivity index (χ0n) is 6.23. The standard InChI is InChI=1S/C4H8N.C2H6.Y/c1-3-5-4-2;1-2;/h3H2,1-2H3;1-2H3;/q-1;;. The monoisotopic (exact) mass is 189 g/mol. The Labute approximate surface area is 77.8 Å². The second-order valence-corrected chi connectivity index (χ2v) is 0.698. The Bertz CT molecular complexity index is 35.5. The Kier molecular flexibility index (Phi) is 49.8. The Morgan fingerprint density at radius 1 is 1.38 bits per heavy atom. The van der Waals surface area contributed by atoms with Gasteiger partial charge in [0.25, 0.3) is 0 Å². The van der Waals surface area contributed by atoms with Gasteiger partial charge in [0, 0.05) is 32.7 Å². The first-order chi connectivity index (χ1) is 3.41. The molecule has 1 radical (unpaired) electrons. The van der Waals surface area contributed by atoms with E-state index in [2.05, 4.69) is 11.2 Å². The quantitative estimate of drug-likeness (QED) is 0.442. The molecule has 0 aliphatic heterocycles. The van der Waals surface area contributed by atoms with Crippen LogP contribution in [-0.2, 0) is 32.7 Å². The summed E-state index contributed by atoms with van der Waals surface area (Å²) >= 11 is 0. The summed E-state index contributed by atoms with van der Waals surface area (Å²) < 4.78 is 0. The van der Waals surface area contributed by atoms with Crippen molar-refractivity contribution in [3.05, 3.63) is 0 Å². The van der Waals surface area contributed by atoms with Crippen LogP contribution in [0.3, 0.4) is 0 Å². The van der Waals surface area contributed by atoms with Crippen molar-refractivity contribution in [2.24, 2.45) is 4.99 Å². The summed E-state index contributed by atoms with van der Waals surface area (Å²) in [6.45, 7) is 8.64. The van der Waals surface area contributed by atoms with Crippen LogP contribution in [0.2, 0.25) is 0 Å². The van der Waals surface area contributed by atoms with Crippen LogP contribution in [0, 0.1) is 0 Å². The molecule has 2 heteroatoms. The van der Waals surface area contributed by atoms with E-state index in [4.69, 9.17) is 0 Å². The molecule has 0 amide bonds. The van der Waals surface area contributed by atoms with E-state index >= 15 is 0 Å². The Morgan fingerprint density at radius 3 is 1.75 bits per heavy atom. The third kappa shape index (κ3) is 29.3. The second-order valence-electron chi connectivity index (χ2n) is 0.698. The normalized spacial score (nSPS) is 7.00. The van der Waals surface area contributed by atoms with Gasteiger partial charge in [0.05, 0.1) is 0 Å². The number of nitrogens with zero attached hydrogens (tertiary/aromatic N) is 1. The van der Waals surface area contributed by atoms with Gasteiger partial charge in [-0.05, 0) is 13.5 Å². The van der Waals surface area contributed by atoms with Gasteiger partial charge in [-0.2, -0.15) is 6.92 Å². The number of rotatable bonds is 1. The van der Waals surface area contributed by atoms with Gasteiger partial charge >= 0.3 is 0 Å². The van der Waals surface area contributed by atoms with Gasteiger partial charge in [0.2, 0.25) is 0 Å². The van der Waals surface area contributed by atoms with E-state index in [-0.39, 0.29) is 32.7 Å². The first kappa shape index (κ1) is 15.9. The van der Waals surface area contributed by atoms with Crippen molar-refractivity contribution < 1.29 is 32.7 Å². The van der Waals surface area contributed by atoms with E-state index in [1.165, 1.54) is 0 Å². The average molecular weight is 189 g/mol. The van der Waals surface area contributed by atoms with Gasteiger partial charge in [0.15, 0.2) is 0 Å². The molecule has 0 aliphatic carbocycles. The van der Waals surface area contributed by atoms with Crippen molar-refractivity contribution in [3.8, 4) is 0 Å². The summed E-state index contributed by atoms with van der Waals surface area (Å²) in [4.78, 5) is 3.72. The number of aliphatic imine (C=N–C) groups is 1. The minimum atomic E-state index is 0. The van der Waals surface area contributed by atoms with Crippen LogP contribution in [-0.4, -0.2) is 12.8 Å². The Hall–Kier alpha value is 0.774. The van der Waals surface area contributed by atoms with Gasteiger partial charge < -0.3 is 11.2 Å². The van der Waals surface area contributed by atoms with E-state index in [9.17, 15) is 0 Å². The fourth-order valence-corrected chi connectivity index (χ4v) is 0.158. The zero-order chi connectivity index (χ0) is 6.12. The predicted molar refractivity (Wildman–Crippen MR) is 35.0 cm³/mol. The molecule has 0 N–H and O–H groups in total. The van der Waals surface area contributed by atoms with E-state index in [1.54, 1.807) is 6.92 Å².